The average molecular weight is 547 g/mol. The van der Waals surface area contributed by atoms with Crippen LogP contribution in [0.5, 0.6) is 0 Å². The number of amides is 2. The van der Waals surface area contributed by atoms with E-state index in [2.05, 4.69) is 14.9 Å². The van der Waals surface area contributed by atoms with E-state index in [1.54, 1.807) is 12.1 Å². The summed E-state index contributed by atoms with van der Waals surface area (Å²) in [5.41, 5.74) is 1.52. The Morgan fingerprint density at radius 3 is 2.24 bits per heavy atom. The van der Waals surface area contributed by atoms with Crippen LogP contribution >= 0.6 is 0 Å². The van der Waals surface area contributed by atoms with Gasteiger partial charge in [-0.05, 0) is 44.7 Å². The normalized spacial score (nSPS) is 20.0. The maximum Gasteiger partial charge on any atom is 0.241 e. The third kappa shape index (κ3) is 6.31. The van der Waals surface area contributed by atoms with Gasteiger partial charge in [-0.1, -0.05) is 20.8 Å². The van der Waals surface area contributed by atoms with Gasteiger partial charge in [-0.15, -0.1) is 0 Å². The Labute approximate surface area is 226 Å². The Balaban J connectivity index is 1.62. The second kappa shape index (κ2) is 11.2. The predicted octanol–water partition coefficient (Wildman–Crippen LogP) is 2.63. The molecule has 1 aromatic carbocycles. The molecule has 0 bridgehead atoms. The zero-order chi connectivity index (χ0) is 27.7. The van der Waals surface area contributed by atoms with Gasteiger partial charge >= 0.3 is 0 Å². The SMILES string of the molecule is CCC(=O)N1CCC(Nc2cc(S(=O)(=O)NC3(C)CC3)cc(N3CCN(C(=O)C(C)C)CC3)c2C=N)CC1. The molecule has 4 rings (SSSR count). The van der Waals surface area contributed by atoms with Gasteiger partial charge in [0.25, 0.3) is 0 Å². The Bertz CT molecular complexity index is 1160. The fraction of sp³-hybridized carbons (Fsp3) is 0.667. The predicted molar refractivity (Wildman–Crippen MR) is 149 cm³/mol. The summed E-state index contributed by atoms with van der Waals surface area (Å²) >= 11 is 0. The number of rotatable bonds is 9. The number of carbonyl (C=O) groups excluding carboxylic acids is 2. The highest BCUT2D eigenvalue weighted by Crippen LogP contribution is 2.38. The molecular formula is C27H42N6O4S. The topological polar surface area (TPSA) is 126 Å². The van der Waals surface area contributed by atoms with Crippen molar-refractivity contribution in [2.45, 2.75) is 76.3 Å². The van der Waals surface area contributed by atoms with Crippen LogP contribution in [0.1, 0.15) is 65.4 Å². The number of hydrogen-bond donors (Lipinski definition) is 3. The minimum Gasteiger partial charge on any atom is -0.382 e. The van der Waals surface area contributed by atoms with Crippen LogP contribution in [0.3, 0.4) is 0 Å². The molecule has 0 spiro atoms. The van der Waals surface area contributed by atoms with Crippen LogP contribution in [0.2, 0.25) is 0 Å². The molecule has 0 unspecified atom stereocenters. The molecule has 210 valence electrons. The number of piperidine rings is 1. The number of piperazine rings is 1. The van der Waals surface area contributed by atoms with E-state index in [1.165, 1.54) is 6.21 Å². The van der Waals surface area contributed by atoms with Crippen molar-refractivity contribution in [3.63, 3.8) is 0 Å². The number of carbonyl (C=O) groups is 2. The highest BCUT2D eigenvalue weighted by molar-refractivity contribution is 7.89. The molecule has 11 heteroatoms. The average Bonchev–Trinajstić information content (AvgIpc) is 3.63. The lowest BCUT2D eigenvalue weighted by atomic mass is 10.0. The molecule has 2 amide bonds. The molecule has 2 saturated heterocycles. The Morgan fingerprint density at radius 2 is 1.71 bits per heavy atom. The third-order valence-electron chi connectivity index (χ3n) is 7.90. The van der Waals surface area contributed by atoms with Gasteiger partial charge in [0.05, 0.1) is 4.90 Å². The lowest BCUT2D eigenvalue weighted by Gasteiger charge is -2.38. The van der Waals surface area contributed by atoms with E-state index in [4.69, 9.17) is 5.41 Å². The number of likely N-dealkylation sites (tertiary alicyclic amines) is 1. The molecule has 10 nitrogen and oxygen atoms in total. The zero-order valence-electron chi connectivity index (χ0n) is 23.0. The molecule has 38 heavy (non-hydrogen) atoms. The fourth-order valence-corrected chi connectivity index (χ4v) is 6.73. The summed E-state index contributed by atoms with van der Waals surface area (Å²) in [6.07, 6.45) is 4.89. The molecule has 3 aliphatic rings. The van der Waals surface area contributed by atoms with Gasteiger partial charge in [-0.25, -0.2) is 13.1 Å². The van der Waals surface area contributed by atoms with Gasteiger partial charge in [-0.3, -0.25) is 9.59 Å². The molecule has 0 atom stereocenters. The smallest absolute Gasteiger partial charge is 0.241 e. The van der Waals surface area contributed by atoms with Crippen LogP contribution in [-0.2, 0) is 19.6 Å². The maximum absolute atomic E-state index is 13.4. The first-order valence-corrected chi connectivity index (χ1v) is 15.2. The first-order valence-electron chi connectivity index (χ1n) is 13.8. The molecule has 0 radical (unpaired) electrons. The summed E-state index contributed by atoms with van der Waals surface area (Å²) in [4.78, 5) is 30.6. The molecule has 2 aliphatic heterocycles. The van der Waals surface area contributed by atoms with Crippen LogP contribution in [-0.4, -0.2) is 87.1 Å². The highest BCUT2D eigenvalue weighted by atomic mass is 32.2. The number of nitrogens with zero attached hydrogens (tertiary/aromatic N) is 3. The van der Waals surface area contributed by atoms with E-state index in [0.717, 1.165) is 25.7 Å². The number of benzene rings is 1. The largest absolute Gasteiger partial charge is 0.382 e. The van der Waals surface area contributed by atoms with Crippen LogP contribution in [0, 0.1) is 11.3 Å². The lowest BCUT2D eigenvalue weighted by Crippen LogP contribution is -2.50. The van der Waals surface area contributed by atoms with Crippen molar-refractivity contribution in [1.82, 2.24) is 14.5 Å². The summed E-state index contributed by atoms with van der Waals surface area (Å²) in [6.45, 7) is 11.1. The van der Waals surface area contributed by atoms with Crippen LogP contribution in [0.4, 0.5) is 11.4 Å². The second-order valence-corrected chi connectivity index (χ2v) is 13.0. The van der Waals surface area contributed by atoms with Gasteiger partial charge in [-0.2, -0.15) is 0 Å². The van der Waals surface area contributed by atoms with Crippen LogP contribution in [0.15, 0.2) is 17.0 Å². The first kappa shape index (κ1) is 28.4. The van der Waals surface area contributed by atoms with Crippen molar-refractivity contribution in [1.29, 1.82) is 5.41 Å². The lowest BCUT2D eigenvalue weighted by molar-refractivity contribution is -0.134. The van der Waals surface area contributed by atoms with E-state index in [0.29, 0.717) is 62.6 Å². The van der Waals surface area contributed by atoms with Crippen molar-refractivity contribution >= 4 is 39.4 Å². The van der Waals surface area contributed by atoms with E-state index in [9.17, 15) is 18.0 Å². The minimum atomic E-state index is -3.77. The van der Waals surface area contributed by atoms with E-state index in [-0.39, 0.29) is 28.7 Å². The Morgan fingerprint density at radius 1 is 1.08 bits per heavy atom. The van der Waals surface area contributed by atoms with Gasteiger partial charge in [0.2, 0.25) is 21.8 Å². The Hall–Kier alpha value is -2.66. The first-order chi connectivity index (χ1) is 18.0. The quantitative estimate of drug-likeness (QED) is 0.409. The third-order valence-corrected chi connectivity index (χ3v) is 9.52. The van der Waals surface area contributed by atoms with Gasteiger partial charge < -0.3 is 25.4 Å². The van der Waals surface area contributed by atoms with Crippen molar-refractivity contribution in [2.24, 2.45) is 5.92 Å². The number of anilines is 2. The van der Waals surface area contributed by atoms with Gasteiger partial charge in [0, 0.05) is 86.3 Å². The summed E-state index contributed by atoms with van der Waals surface area (Å²) in [6, 6.07) is 3.37. The minimum absolute atomic E-state index is 0.0647. The molecule has 0 aromatic heterocycles. The van der Waals surface area contributed by atoms with E-state index < -0.39 is 15.6 Å². The zero-order valence-corrected chi connectivity index (χ0v) is 23.9. The summed E-state index contributed by atoms with van der Waals surface area (Å²) in [7, 11) is -3.77. The molecule has 2 heterocycles. The standard InChI is InChI=1S/C27H42N6O4S/c1-5-25(34)32-10-6-20(7-11-32)29-23-16-21(38(36,37)30-27(4)8-9-27)17-24(22(23)18-28)31-12-14-33(15-13-31)26(35)19(2)3/h16-20,28-30H,5-15H2,1-4H3. The Kier molecular flexibility index (Phi) is 8.37. The summed E-state index contributed by atoms with van der Waals surface area (Å²) in [5.74, 6) is 0.191. The molecule has 1 saturated carbocycles. The number of nitrogens with one attached hydrogen (secondary N) is 3. The molecule has 3 N–H and O–H groups in total. The molecular weight excluding hydrogens is 504 g/mol. The van der Waals surface area contributed by atoms with Gasteiger partial charge in [0.15, 0.2) is 0 Å². The number of sulfonamides is 1. The second-order valence-electron chi connectivity index (χ2n) is 11.3. The monoisotopic (exact) mass is 546 g/mol. The van der Waals surface area contributed by atoms with Gasteiger partial charge in [0.1, 0.15) is 0 Å². The van der Waals surface area contributed by atoms with E-state index in [1.807, 2.05) is 37.5 Å². The van der Waals surface area contributed by atoms with E-state index >= 15 is 0 Å². The fourth-order valence-electron chi connectivity index (χ4n) is 5.22. The van der Waals surface area contributed by atoms with Crippen LogP contribution in [0.25, 0.3) is 0 Å². The molecule has 1 aliphatic carbocycles. The molecule has 1 aromatic rings. The van der Waals surface area contributed by atoms with Crippen molar-refractivity contribution in [3.8, 4) is 0 Å². The summed E-state index contributed by atoms with van der Waals surface area (Å²) in [5, 5.41) is 11.8. The highest BCUT2D eigenvalue weighted by Gasteiger charge is 2.41. The summed E-state index contributed by atoms with van der Waals surface area (Å²) < 4.78 is 29.7. The van der Waals surface area contributed by atoms with Crippen molar-refractivity contribution in [3.05, 3.63) is 17.7 Å². The molecule has 3 fully saturated rings. The maximum atomic E-state index is 13.4. The van der Waals surface area contributed by atoms with Crippen LogP contribution < -0.4 is 14.9 Å². The number of hydrogen-bond acceptors (Lipinski definition) is 7. The van der Waals surface area contributed by atoms with Crippen molar-refractivity contribution in [2.75, 3.05) is 49.5 Å². The van der Waals surface area contributed by atoms with Crippen molar-refractivity contribution < 1.29 is 18.0 Å².